The lowest BCUT2D eigenvalue weighted by Crippen LogP contribution is -2.03. The molecule has 14 heavy (non-hydrogen) atoms. The summed E-state index contributed by atoms with van der Waals surface area (Å²) < 4.78 is 0. The van der Waals surface area contributed by atoms with Crippen LogP contribution in [0.3, 0.4) is 0 Å². The van der Waals surface area contributed by atoms with E-state index in [4.69, 9.17) is 17.3 Å². The predicted octanol–water partition coefficient (Wildman–Crippen LogP) is 2.09. The summed E-state index contributed by atoms with van der Waals surface area (Å²) in [5.41, 5.74) is 5.51. The van der Waals surface area contributed by atoms with Gasteiger partial charge < -0.3 is 11.1 Å². The van der Waals surface area contributed by atoms with E-state index in [1.54, 1.807) is 0 Å². The Kier molecular flexibility index (Phi) is 4.19. The molecule has 0 fully saturated rings. The Balaban J connectivity index is 2.59. The molecule has 0 atom stereocenters. The van der Waals surface area contributed by atoms with Crippen LogP contribution >= 0.6 is 11.6 Å². The van der Waals surface area contributed by atoms with Crippen LogP contribution in [0.15, 0.2) is 18.5 Å². The predicted molar refractivity (Wildman–Crippen MR) is 59.4 cm³/mol. The molecule has 0 aromatic carbocycles. The van der Waals surface area contributed by atoms with Crippen LogP contribution < -0.4 is 11.1 Å². The zero-order valence-corrected chi connectivity index (χ0v) is 8.75. The Morgan fingerprint density at radius 2 is 2.29 bits per heavy atom. The van der Waals surface area contributed by atoms with Gasteiger partial charge in [-0.15, -0.1) is 0 Å². The lowest BCUT2D eigenvalue weighted by molar-refractivity contribution is 1.14. The van der Waals surface area contributed by atoms with Gasteiger partial charge in [-0.2, -0.15) is 0 Å². The summed E-state index contributed by atoms with van der Waals surface area (Å²) in [7, 11) is 0. The Morgan fingerprint density at radius 1 is 1.50 bits per heavy atom. The first-order valence-electron chi connectivity index (χ1n) is 4.40. The second kappa shape index (κ2) is 5.44. The van der Waals surface area contributed by atoms with Crippen molar-refractivity contribution in [2.24, 2.45) is 0 Å². The van der Waals surface area contributed by atoms with Gasteiger partial charge >= 0.3 is 0 Å². The van der Waals surface area contributed by atoms with Gasteiger partial charge in [0.1, 0.15) is 17.2 Å². The minimum Gasteiger partial charge on any atom is -0.382 e. The molecule has 1 aromatic rings. The van der Waals surface area contributed by atoms with Crippen molar-refractivity contribution in [1.82, 2.24) is 9.97 Å². The van der Waals surface area contributed by atoms with Crippen molar-refractivity contribution in [2.45, 2.75) is 13.3 Å². The fraction of sp³-hybridized carbons (Fsp3) is 0.333. The SMILES string of the molecule is CC/C=C/CNc1ncnc(N)c1Cl. The van der Waals surface area contributed by atoms with E-state index < -0.39 is 0 Å². The Bertz CT molecular complexity index is 325. The monoisotopic (exact) mass is 212 g/mol. The van der Waals surface area contributed by atoms with Crippen molar-refractivity contribution < 1.29 is 0 Å². The van der Waals surface area contributed by atoms with Gasteiger partial charge in [-0.25, -0.2) is 9.97 Å². The first kappa shape index (κ1) is 10.8. The minimum absolute atomic E-state index is 0.295. The number of allylic oxidation sites excluding steroid dienone is 1. The normalized spacial score (nSPS) is 10.7. The van der Waals surface area contributed by atoms with E-state index in [0.29, 0.717) is 23.2 Å². The first-order valence-corrected chi connectivity index (χ1v) is 4.78. The third-order valence-electron chi connectivity index (χ3n) is 1.61. The average Bonchev–Trinajstić information content (AvgIpc) is 2.19. The number of nitrogens with two attached hydrogens (primary N) is 1. The number of aromatic nitrogens is 2. The molecule has 0 unspecified atom stereocenters. The maximum atomic E-state index is 5.87. The van der Waals surface area contributed by atoms with E-state index >= 15 is 0 Å². The Labute approximate surface area is 88.2 Å². The lowest BCUT2D eigenvalue weighted by Gasteiger charge is -2.05. The second-order valence-electron chi connectivity index (χ2n) is 2.68. The number of anilines is 2. The molecule has 0 saturated carbocycles. The molecule has 1 heterocycles. The van der Waals surface area contributed by atoms with E-state index in [-0.39, 0.29) is 0 Å². The van der Waals surface area contributed by atoms with Gasteiger partial charge in [0.25, 0.3) is 0 Å². The van der Waals surface area contributed by atoms with Crippen molar-refractivity contribution in [3.05, 3.63) is 23.5 Å². The number of hydrogen-bond donors (Lipinski definition) is 2. The number of nitrogens with zero attached hydrogens (tertiary/aromatic N) is 2. The molecule has 4 nitrogen and oxygen atoms in total. The summed E-state index contributed by atoms with van der Waals surface area (Å²) in [5.74, 6) is 0.864. The molecule has 0 spiro atoms. The molecule has 3 N–H and O–H groups in total. The average molecular weight is 213 g/mol. The van der Waals surface area contributed by atoms with Gasteiger partial charge in [-0.1, -0.05) is 30.7 Å². The molecule has 0 saturated heterocycles. The fourth-order valence-electron chi connectivity index (χ4n) is 0.912. The highest BCUT2D eigenvalue weighted by atomic mass is 35.5. The van der Waals surface area contributed by atoms with Crippen LogP contribution in [0, 0.1) is 0 Å². The van der Waals surface area contributed by atoms with Crippen LogP contribution in [0.2, 0.25) is 5.02 Å². The number of halogens is 1. The van der Waals surface area contributed by atoms with Crippen molar-refractivity contribution in [1.29, 1.82) is 0 Å². The first-order chi connectivity index (χ1) is 6.75. The Hall–Kier alpha value is -1.29. The van der Waals surface area contributed by atoms with Crippen molar-refractivity contribution >= 4 is 23.2 Å². The Morgan fingerprint density at radius 3 is 3.00 bits per heavy atom. The maximum absolute atomic E-state index is 5.87. The minimum atomic E-state index is 0.295. The van der Waals surface area contributed by atoms with E-state index in [1.807, 2.05) is 6.08 Å². The molecule has 0 radical (unpaired) electrons. The standard InChI is InChI=1S/C9H13ClN4/c1-2-3-4-5-12-9-7(10)8(11)13-6-14-9/h3-4,6H,2,5H2,1H3,(H3,11,12,13,14)/b4-3+. The van der Waals surface area contributed by atoms with Gasteiger partial charge in [0.2, 0.25) is 0 Å². The summed E-state index contributed by atoms with van der Waals surface area (Å²) in [6.07, 6.45) is 6.47. The van der Waals surface area contributed by atoms with Gasteiger partial charge in [0, 0.05) is 6.54 Å². The highest BCUT2D eigenvalue weighted by molar-refractivity contribution is 6.35. The quantitative estimate of drug-likeness (QED) is 0.751. The zero-order valence-electron chi connectivity index (χ0n) is 8.00. The molecule has 76 valence electrons. The molecule has 0 aliphatic rings. The van der Waals surface area contributed by atoms with Crippen LogP contribution in [-0.2, 0) is 0 Å². The van der Waals surface area contributed by atoms with Crippen molar-refractivity contribution in [3.63, 3.8) is 0 Å². The van der Waals surface area contributed by atoms with Crippen LogP contribution in [0.25, 0.3) is 0 Å². The number of hydrogen-bond acceptors (Lipinski definition) is 4. The molecule has 5 heteroatoms. The van der Waals surface area contributed by atoms with E-state index in [2.05, 4.69) is 28.3 Å². The lowest BCUT2D eigenvalue weighted by atomic mass is 10.4. The second-order valence-corrected chi connectivity index (χ2v) is 3.06. The van der Waals surface area contributed by atoms with Crippen LogP contribution in [0.4, 0.5) is 11.6 Å². The van der Waals surface area contributed by atoms with Gasteiger partial charge in [0.15, 0.2) is 5.82 Å². The van der Waals surface area contributed by atoms with E-state index in [1.165, 1.54) is 6.33 Å². The number of rotatable bonds is 4. The van der Waals surface area contributed by atoms with Crippen LogP contribution in [0.5, 0.6) is 0 Å². The maximum Gasteiger partial charge on any atom is 0.150 e. The molecule has 1 aromatic heterocycles. The summed E-state index contributed by atoms with van der Waals surface area (Å²) in [6, 6.07) is 0. The number of nitrogen functional groups attached to an aromatic ring is 1. The summed E-state index contributed by atoms with van der Waals surface area (Å²) in [5, 5.41) is 3.41. The third kappa shape index (κ3) is 2.88. The van der Waals surface area contributed by atoms with E-state index in [0.717, 1.165) is 6.42 Å². The fourth-order valence-corrected chi connectivity index (χ4v) is 1.08. The van der Waals surface area contributed by atoms with Crippen molar-refractivity contribution in [3.8, 4) is 0 Å². The third-order valence-corrected chi connectivity index (χ3v) is 1.98. The highest BCUT2D eigenvalue weighted by Gasteiger charge is 2.03. The zero-order chi connectivity index (χ0) is 10.4. The highest BCUT2D eigenvalue weighted by Crippen LogP contribution is 2.22. The van der Waals surface area contributed by atoms with Gasteiger partial charge in [-0.05, 0) is 6.42 Å². The molecular formula is C9H13ClN4. The summed E-state index contributed by atoms with van der Waals surface area (Å²) >= 11 is 5.87. The molecule has 0 aliphatic heterocycles. The van der Waals surface area contributed by atoms with Crippen LogP contribution in [0.1, 0.15) is 13.3 Å². The smallest absolute Gasteiger partial charge is 0.150 e. The topological polar surface area (TPSA) is 63.8 Å². The van der Waals surface area contributed by atoms with Gasteiger partial charge in [-0.3, -0.25) is 0 Å². The number of nitrogens with one attached hydrogen (secondary N) is 1. The molecular weight excluding hydrogens is 200 g/mol. The largest absolute Gasteiger partial charge is 0.382 e. The van der Waals surface area contributed by atoms with Gasteiger partial charge in [0.05, 0.1) is 0 Å². The molecule has 0 bridgehead atoms. The van der Waals surface area contributed by atoms with E-state index in [9.17, 15) is 0 Å². The summed E-state index contributed by atoms with van der Waals surface area (Å²) in [6.45, 7) is 2.76. The molecule has 0 amide bonds. The summed E-state index contributed by atoms with van der Waals surface area (Å²) in [4.78, 5) is 7.73. The molecule has 0 aliphatic carbocycles. The van der Waals surface area contributed by atoms with Crippen LogP contribution in [-0.4, -0.2) is 16.5 Å². The molecule has 1 rings (SSSR count). The van der Waals surface area contributed by atoms with Crippen molar-refractivity contribution in [2.75, 3.05) is 17.6 Å².